The highest BCUT2D eigenvalue weighted by molar-refractivity contribution is 5.87. The molecular formula is C18H28N2O4. The number of hydrogen-bond acceptors (Lipinski definition) is 4. The van der Waals surface area contributed by atoms with Gasteiger partial charge in [-0.1, -0.05) is 26.8 Å². The molecule has 0 radical (unpaired) electrons. The molecule has 0 saturated heterocycles. The van der Waals surface area contributed by atoms with E-state index < -0.39 is 5.41 Å². The van der Waals surface area contributed by atoms with Gasteiger partial charge in [-0.15, -0.1) is 0 Å². The van der Waals surface area contributed by atoms with Gasteiger partial charge in [-0.2, -0.15) is 0 Å². The average Bonchev–Trinajstić information content (AvgIpc) is 2.55. The summed E-state index contributed by atoms with van der Waals surface area (Å²) in [6.45, 7) is 8.34. The van der Waals surface area contributed by atoms with Gasteiger partial charge in [0.25, 0.3) is 0 Å². The van der Waals surface area contributed by atoms with Crippen LogP contribution in [0.4, 0.5) is 0 Å². The van der Waals surface area contributed by atoms with Crippen molar-refractivity contribution in [2.45, 2.75) is 34.2 Å². The number of methoxy groups -OCH3 is 2. The highest BCUT2D eigenvalue weighted by Gasteiger charge is 2.22. The second-order valence-electron chi connectivity index (χ2n) is 6.53. The molecular weight excluding hydrogens is 308 g/mol. The molecule has 1 aromatic carbocycles. The van der Waals surface area contributed by atoms with Crippen LogP contribution in [0.3, 0.4) is 0 Å². The summed E-state index contributed by atoms with van der Waals surface area (Å²) >= 11 is 0. The third-order valence-corrected chi connectivity index (χ3v) is 3.64. The lowest BCUT2D eigenvalue weighted by molar-refractivity contribution is -0.135. The Balaban J connectivity index is 2.73. The Morgan fingerprint density at radius 2 is 1.75 bits per heavy atom. The number of likely N-dealkylation sites (N-methyl/N-ethyl adjacent to an activating group) is 1. The number of ether oxygens (including phenoxy) is 2. The fourth-order valence-corrected chi connectivity index (χ4v) is 2.11. The molecule has 0 aliphatic carbocycles. The zero-order chi connectivity index (χ0) is 18.3. The van der Waals surface area contributed by atoms with Crippen molar-refractivity contribution in [3.05, 3.63) is 23.8 Å². The van der Waals surface area contributed by atoms with E-state index in [1.807, 2.05) is 45.9 Å². The average molecular weight is 336 g/mol. The van der Waals surface area contributed by atoms with E-state index in [9.17, 15) is 9.59 Å². The fourth-order valence-electron chi connectivity index (χ4n) is 2.11. The minimum Gasteiger partial charge on any atom is -0.493 e. The first-order chi connectivity index (χ1) is 11.2. The molecule has 0 fully saturated rings. The molecule has 1 N–H and O–H groups in total. The molecule has 0 heterocycles. The predicted molar refractivity (Wildman–Crippen MR) is 93.1 cm³/mol. The van der Waals surface area contributed by atoms with Crippen LogP contribution in [0.15, 0.2) is 18.2 Å². The van der Waals surface area contributed by atoms with Crippen LogP contribution in [0.1, 0.15) is 33.3 Å². The number of hydrogen-bond donors (Lipinski definition) is 1. The molecule has 1 rings (SSSR count). The lowest BCUT2D eigenvalue weighted by atomic mass is 9.96. The third-order valence-electron chi connectivity index (χ3n) is 3.64. The van der Waals surface area contributed by atoms with Gasteiger partial charge in [0.05, 0.1) is 20.8 Å². The maximum absolute atomic E-state index is 12.3. The first kappa shape index (κ1) is 19.8. The van der Waals surface area contributed by atoms with Crippen molar-refractivity contribution < 1.29 is 19.1 Å². The lowest BCUT2D eigenvalue weighted by Gasteiger charge is -2.23. The number of nitrogens with zero attached hydrogens (tertiary/aromatic N) is 1. The van der Waals surface area contributed by atoms with E-state index in [-0.39, 0.29) is 18.4 Å². The van der Waals surface area contributed by atoms with Crippen LogP contribution in [-0.2, 0) is 16.1 Å². The van der Waals surface area contributed by atoms with Crippen LogP contribution in [0.2, 0.25) is 0 Å². The molecule has 0 aliphatic heterocycles. The van der Waals surface area contributed by atoms with E-state index in [1.54, 1.807) is 19.1 Å². The Labute approximate surface area is 144 Å². The molecule has 0 aliphatic rings. The minimum absolute atomic E-state index is 0.00275. The highest BCUT2D eigenvalue weighted by atomic mass is 16.5. The van der Waals surface area contributed by atoms with Crippen LogP contribution >= 0.6 is 0 Å². The standard InChI is InChI=1S/C18H28N2O4/c1-7-20(16(21)11-19-17(22)18(2,3)4)12-13-8-9-14(23-5)15(10-13)24-6/h8-10H,7,11-12H2,1-6H3,(H,19,22). The van der Waals surface area contributed by atoms with Crippen LogP contribution < -0.4 is 14.8 Å². The third kappa shape index (κ3) is 5.44. The number of amides is 2. The molecule has 134 valence electrons. The van der Waals surface area contributed by atoms with E-state index in [2.05, 4.69) is 5.32 Å². The molecule has 6 heteroatoms. The Morgan fingerprint density at radius 1 is 1.12 bits per heavy atom. The van der Waals surface area contributed by atoms with Crippen molar-refractivity contribution in [3.8, 4) is 11.5 Å². The summed E-state index contributed by atoms with van der Waals surface area (Å²) < 4.78 is 10.5. The smallest absolute Gasteiger partial charge is 0.242 e. The summed E-state index contributed by atoms with van der Waals surface area (Å²) in [5.41, 5.74) is 0.422. The summed E-state index contributed by atoms with van der Waals surface area (Å²) in [5.74, 6) is 1.01. The molecule has 0 bridgehead atoms. The summed E-state index contributed by atoms with van der Waals surface area (Å²) in [5, 5.41) is 2.69. The van der Waals surface area contributed by atoms with Crippen molar-refractivity contribution in [3.63, 3.8) is 0 Å². The first-order valence-electron chi connectivity index (χ1n) is 7.99. The highest BCUT2D eigenvalue weighted by Crippen LogP contribution is 2.28. The Morgan fingerprint density at radius 3 is 2.25 bits per heavy atom. The molecule has 0 unspecified atom stereocenters. The number of benzene rings is 1. The summed E-state index contributed by atoms with van der Waals surface area (Å²) in [6.07, 6.45) is 0. The molecule has 0 aromatic heterocycles. The Kier molecular flexibility index (Phi) is 7.07. The maximum atomic E-state index is 12.3. The molecule has 0 saturated carbocycles. The van der Waals surface area contributed by atoms with Crippen LogP contribution in [0, 0.1) is 5.41 Å². The van der Waals surface area contributed by atoms with Gasteiger partial charge in [-0.25, -0.2) is 0 Å². The van der Waals surface area contributed by atoms with Crippen molar-refractivity contribution >= 4 is 11.8 Å². The Bertz CT molecular complexity index is 579. The fraction of sp³-hybridized carbons (Fsp3) is 0.556. The van der Waals surface area contributed by atoms with E-state index in [1.165, 1.54) is 0 Å². The number of carbonyl (C=O) groups is 2. The van der Waals surface area contributed by atoms with E-state index >= 15 is 0 Å². The second kappa shape index (κ2) is 8.57. The van der Waals surface area contributed by atoms with Gasteiger partial charge in [-0.05, 0) is 24.6 Å². The number of nitrogens with one attached hydrogen (secondary N) is 1. The zero-order valence-electron chi connectivity index (χ0n) is 15.4. The van der Waals surface area contributed by atoms with Gasteiger partial charge in [-0.3, -0.25) is 9.59 Å². The largest absolute Gasteiger partial charge is 0.493 e. The predicted octanol–water partition coefficient (Wildman–Crippen LogP) is 2.21. The van der Waals surface area contributed by atoms with Gasteiger partial charge >= 0.3 is 0 Å². The molecule has 2 amide bonds. The van der Waals surface area contributed by atoms with Gasteiger partial charge in [0.1, 0.15) is 0 Å². The van der Waals surface area contributed by atoms with Crippen LogP contribution in [0.5, 0.6) is 11.5 Å². The van der Waals surface area contributed by atoms with Gasteiger partial charge in [0.2, 0.25) is 11.8 Å². The van der Waals surface area contributed by atoms with Gasteiger partial charge < -0.3 is 19.7 Å². The van der Waals surface area contributed by atoms with Gasteiger partial charge in [0.15, 0.2) is 11.5 Å². The minimum atomic E-state index is -0.513. The zero-order valence-corrected chi connectivity index (χ0v) is 15.4. The molecule has 24 heavy (non-hydrogen) atoms. The van der Waals surface area contributed by atoms with Crippen LogP contribution in [0.25, 0.3) is 0 Å². The van der Waals surface area contributed by atoms with E-state index in [4.69, 9.17) is 9.47 Å². The molecule has 6 nitrogen and oxygen atoms in total. The van der Waals surface area contributed by atoms with E-state index in [0.717, 1.165) is 5.56 Å². The second-order valence-corrected chi connectivity index (χ2v) is 6.53. The van der Waals surface area contributed by atoms with Crippen molar-refractivity contribution in [1.29, 1.82) is 0 Å². The monoisotopic (exact) mass is 336 g/mol. The maximum Gasteiger partial charge on any atom is 0.242 e. The first-order valence-corrected chi connectivity index (χ1v) is 7.99. The summed E-state index contributed by atoms with van der Waals surface area (Å²) in [7, 11) is 3.16. The van der Waals surface area contributed by atoms with Crippen molar-refractivity contribution in [2.75, 3.05) is 27.3 Å². The topological polar surface area (TPSA) is 67.9 Å². The molecule has 0 atom stereocenters. The SMILES string of the molecule is CCN(Cc1ccc(OC)c(OC)c1)C(=O)CNC(=O)C(C)(C)C. The van der Waals surface area contributed by atoms with Crippen molar-refractivity contribution in [2.24, 2.45) is 5.41 Å². The Hall–Kier alpha value is -2.24. The normalized spacial score (nSPS) is 10.9. The molecule has 1 aromatic rings. The van der Waals surface area contributed by atoms with Gasteiger partial charge in [0, 0.05) is 18.5 Å². The van der Waals surface area contributed by atoms with E-state index in [0.29, 0.717) is 24.6 Å². The lowest BCUT2D eigenvalue weighted by Crippen LogP contribution is -2.43. The molecule has 0 spiro atoms. The number of rotatable bonds is 7. The summed E-state index contributed by atoms with van der Waals surface area (Å²) in [4.78, 5) is 25.9. The quantitative estimate of drug-likeness (QED) is 0.829. The summed E-state index contributed by atoms with van der Waals surface area (Å²) in [6, 6.07) is 5.56. The van der Waals surface area contributed by atoms with Crippen molar-refractivity contribution in [1.82, 2.24) is 10.2 Å². The number of carbonyl (C=O) groups excluding carboxylic acids is 2. The van der Waals surface area contributed by atoms with Crippen LogP contribution in [-0.4, -0.2) is 44.0 Å².